The summed E-state index contributed by atoms with van der Waals surface area (Å²) >= 11 is 8.38. The van der Waals surface area contributed by atoms with Gasteiger partial charge >= 0.3 is 0 Å². The van der Waals surface area contributed by atoms with E-state index in [0.717, 1.165) is 28.0 Å². The molecular weight excluding hydrogens is 350 g/mol. The second kappa shape index (κ2) is 8.00. The molecule has 0 spiro atoms. The summed E-state index contributed by atoms with van der Waals surface area (Å²) in [7, 11) is 0. The predicted octanol–water partition coefficient (Wildman–Crippen LogP) is 3.93. The zero-order valence-electron chi connectivity index (χ0n) is 11.4. The lowest BCUT2D eigenvalue weighted by atomic mass is 10.2. The molecule has 0 atom stereocenters. The van der Waals surface area contributed by atoms with Gasteiger partial charge in [0.25, 0.3) is 0 Å². The molecule has 0 saturated carbocycles. The van der Waals surface area contributed by atoms with Crippen LogP contribution in [0.25, 0.3) is 0 Å². The minimum Gasteiger partial charge on any atom is -0.493 e. The minimum absolute atomic E-state index is 0.373. The summed E-state index contributed by atoms with van der Waals surface area (Å²) in [6.45, 7) is 1.17. The molecule has 2 N–H and O–H groups in total. The molecule has 2 aromatic rings. The number of thiocarbonyl (C=S) groups is 1. The molecule has 2 aromatic carbocycles. The normalized spacial score (nSPS) is 10.1. The molecular formula is C16H16BrNO2S. The summed E-state index contributed by atoms with van der Waals surface area (Å²) in [5.74, 6) is 1.61. The number of para-hydroxylation sites is 1. The van der Waals surface area contributed by atoms with E-state index in [1.54, 1.807) is 0 Å². The van der Waals surface area contributed by atoms with Gasteiger partial charge in [-0.05, 0) is 40.2 Å². The Morgan fingerprint density at radius 3 is 2.57 bits per heavy atom. The zero-order valence-corrected chi connectivity index (χ0v) is 13.8. The van der Waals surface area contributed by atoms with Gasteiger partial charge in [0.1, 0.15) is 16.5 Å². The maximum absolute atomic E-state index is 5.67. The van der Waals surface area contributed by atoms with Crippen LogP contribution in [0.5, 0.6) is 11.5 Å². The third kappa shape index (κ3) is 5.02. The summed E-state index contributed by atoms with van der Waals surface area (Å²) in [5, 5.41) is 0. The molecule has 0 aliphatic rings. The van der Waals surface area contributed by atoms with Gasteiger partial charge in [0, 0.05) is 12.0 Å². The maximum atomic E-state index is 5.67. The molecule has 0 unspecified atom stereocenters. The van der Waals surface area contributed by atoms with Crippen LogP contribution in [0.4, 0.5) is 0 Å². The molecule has 2 rings (SSSR count). The van der Waals surface area contributed by atoms with Crippen molar-refractivity contribution in [2.75, 3.05) is 13.2 Å². The molecule has 0 aliphatic carbocycles. The van der Waals surface area contributed by atoms with E-state index in [2.05, 4.69) is 15.9 Å². The van der Waals surface area contributed by atoms with Gasteiger partial charge in [0.2, 0.25) is 0 Å². The highest BCUT2D eigenvalue weighted by Crippen LogP contribution is 2.23. The molecule has 0 bridgehead atoms. The van der Waals surface area contributed by atoms with Crippen molar-refractivity contribution in [1.82, 2.24) is 0 Å². The SMILES string of the molecule is NC(=S)c1cccc(OCCCOc2ccccc2Br)c1. The van der Waals surface area contributed by atoms with Crippen LogP contribution in [-0.4, -0.2) is 18.2 Å². The highest BCUT2D eigenvalue weighted by Gasteiger charge is 2.01. The number of rotatable bonds is 7. The van der Waals surface area contributed by atoms with Crippen molar-refractivity contribution in [1.29, 1.82) is 0 Å². The summed E-state index contributed by atoms with van der Waals surface area (Å²) in [5.41, 5.74) is 6.40. The first-order valence-electron chi connectivity index (χ1n) is 6.57. The van der Waals surface area contributed by atoms with Crippen LogP contribution >= 0.6 is 28.1 Å². The highest BCUT2D eigenvalue weighted by molar-refractivity contribution is 9.10. The van der Waals surface area contributed by atoms with E-state index in [-0.39, 0.29) is 0 Å². The molecule has 3 nitrogen and oxygen atoms in total. The predicted molar refractivity (Wildman–Crippen MR) is 92.1 cm³/mol. The average Bonchev–Trinajstić information content (AvgIpc) is 2.49. The first-order chi connectivity index (χ1) is 10.2. The van der Waals surface area contributed by atoms with E-state index in [0.29, 0.717) is 18.2 Å². The highest BCUT2D eigenvalue weighted by atomic mass is 79.9. The van der Waals surface area contributed by atoms with Crippen molar-refractivity contribution in [2.24, 2.45) is 5.73 Å². The molecule has 5 heteroatoms. The summed E-state index contributed by atoms with van der Waals surface area (Å²) < 4.78 is 12.3. The summed E-state index contributed by atoms with van der Waals surface area (Å²) in [6, 6.07) is 15.2. The van der Waals surface area contributed by atoms with Crippen molar-refractivity contribution < 1.29 is 9.47 Å². The molecule has 21 heavy (non-hydrogen) atoms. The second-order valence-electron chi connectivity index (χ2n) is 4.37. The van der Waals surface area contributed by atoms with Crippen LogP contribution < -0.4 is 15.2 Å². The quantitative estimate of drug-likeness (QED) is 0.596. The van der Waals surface area contributed by atoms with Crippen LogP contribution in [0, 0.1) is 0 Å². The first-order valence-corrected chi connectivity index (χ1v) is 7.77. The number of benzene rings is 2. The molecule has 0 saturated heterocycles. The Bertz CT molecular complexity index is 619. The molecule has 0 aromatic heterocycles. The number of hydrogen-bond donors (Lipinski definition) is 1. The second-order valence-corrected chi connectivity index (χ2v) is 5.67. The van der Waals surface area contributed by atoms with Gasteiger partial charge in [-0.2, -0.15) is 0 Å². The molecule has 0 heterocycles. The summed E-state index contributed by atoms with van der Waals surface area (Å²) in [4.78, 5) is 0.373. The fraction of sp³-hybridized carbons (Fsp3) is 0.188. The van der Waals surface area contributed by atoms with Crippen LogP contribution in [0.1, 0.15) is 12.0 Å². The Hall–Kier alpha value is -1.59. The van der Waals surface area contributed by atoms with Gasteiger partial charge in [-0.25, -0.2) is 0 Å². The fourth-order valence-electron chi connectivity index (χ4n) is 1.73. The van der Waals surface area contributed by atoms with Crippen LogP contribution in [-0.2, 0) is 0 Å². The molecule has 0 radical (unpaired) electrons. The van der Waals surface area contributed by atoms with E-state index >= 15 is 0 Å². The monoisotopic (exact) mass is 365 g/mol. The van der Waals surface area contributed by atoms with E-state index in [4.69, 9.17) is 27.4 Å². The van der Waals surface area contributed by atoms with Crippen LogP contribution in [0.15, 0.2) is 53.0 Å². The van der Waals surface area contributed by atoms with E-state index in [1.165, 1.54) is 0 Å². The summed E-state index contributed by atoms with van der Waals surface area (Å²) in [6.07, 6.45) is 0.790. The van der Waals surface area contributed by atoms with Crippen molar-refractivity contribution in [3.05, 3.63) is 58.6 Å². The number of hydrogen-bond acceptors (Lipinski definition) is 3. The van der Waals surface area contributed by atoms with Gasteiger partial charge < -0.3 is 15.2 Å². The van der Waals surface area contributed by atoms with Crippen molar-refractivity contribution in [2.45, 2.75) is 6.42 Å². The first kappa shape index (κ1) is 15.8. The Kier molecular flexibility index (Phi) is 6.02. The molecule has 0 aliphatic heterocycles. The van der Waals surface area contributed by atoms with Crippen molar-refractivity contribution in [3.63, 3.8) is 0 Å². The number of nitrogens with two attached hydrogens (primary N) is 1. The van der Waals surface area contributed by atoms with Crippen LogP contribution in [0.3, 0.4) is 0 Å². The van der Waals surface area contributed by atoms with E-state index in [1.807, 2.05) is 48.5 Å². The number of ether oxygens (including phenoxy) is 2. The minimum atomic E-state index is 0.373. The van der Waals surface area contributed by atoms with Gasteiger partial charge in [-0.3, -0.25) is 0 Å². The third-order valence-electron chi connectivity index (χ3n) is 2.77. The van der Waals surface area contributed by atoms with Crippen molar-refractivity contribution >= 4 is 33.1 Å². The standard InChI is InChI=1S/C16H16BrNO2S/c17-14-7-1-2-8-15(14)20-10-4-9-19-13-6-3-5-12(11-13)16(18)21/h1-3,5-8,11H,4,9-10H2,(H2,18,21). The largest absolute Gasteiger partial charge is 0.493 e. The Labute approximate surface area is 138 Å². The molecule has 0 fully saturated rings. The Morgan fingerprint density at radius 2 is 1.81 bits per heavy atom. The van der Waals surface area contributed by atoms with E-state index in [9.17, 15) is 0 Å². The zero-order chi connectivity index (χ0) is 15.1. The Balaban J connectivity index is 1.74. The van der Waals surface area contributed by atoms with Gasteiger partial charge in [-0.15, -0.1) is 0 Å². The lowest BCUT2D eigenvalue weighted by molar-refractivity contribution is 0.246. The third-order valence-corrected chi connectivity index (χ3v) is 3.66. The lowest BCUT2D eigenvalue weighted by Crippen LogP contribution is -2.10. The lowest BCUT2D eigenvalue weighted by Gasteiger charge is -2.09. The topological polar surface area (TPSA) is 44.5 Å². The smallest absolute Gasteiger partial charge is 0.133 e. The van der Waals surface area contributed by atoms with Crippen LogP contribution in [0.2, 0.25) is 0 Å². The van der Waals surface area contributed by atoms with Gasteiger partial charge in [0.05, 0.1) is 17.7 Å². The Morgan fingerprint density at radius 1 is 1.05 bits per heavy atom. The maximum Gasteiger partial charge on any atom is 0.133 e. The molecule has 0 amide bonds. The van der Waals surface area contributed by atoms with Gasteiger partial charge in [0.15, 0.2) is 0 Å². The van der Waals surface area contributed by atoms with E-state index < -0.39 is 0 Å². The van der Waals surface area contributed by atoms with Crippen molar-refractivity contribution in [3.8, 4) is 11.5 Å². The average molecular weight is 366 g/mol. The van der Waals surface area contributed by atoms with Gasteiger partial charge in [-0.1, -0.05) is 36.5 Å². The fourth-order valence-corrected chi connectivity index (χ4v) is 2.26. The number of halogens is 1. The molecule has 110 valence electrons.